The quantitative estimate of drug-likeness (QED) is 0.745. The van der Waals surface area contributed by atoms with Crippen molar-refractivity contribution in [1.82, 2.24) is 10.2 Å². The van der Waals surface area contributed by atoms with Crippen LogP contribution in [0.25, 0.3) is 0 Å². The van der Waals surface area contributed by atoms with Gasteiger partial charge in [0.25, 0.3) is 0 Å². The smallest absolute Gasteiger partial charge is 0.386 e. The summed E-state index contributed by atoms with van der Waals surface area (Å²) in [5.41, 5.74) is -1.13. The third kappa shape index (κ3) is 4.31. The van der Waals surface area contributed by atoms with Crippen molar-refractivity contribution in [3.8, 4) is 0 Å². The summed E-state index contributed by atoms with van der Waals surface area (Å²) >= 11 is 0. The molecule has 2 aliphatic heterocycles. The van der Waals surface area contributed by atoms with Crippen molar-refractivity contribution in [2.45, 2.75) is 24.6 Å². The van der Waals surface area contributed by atoms with Crippen molar-refractivity contribution in [3.63, 3.8) is 0 Å². The highest BCUT2D eigenvalue weighted by Crippen LogP contribution is 2.24. The number of nitrogens with one attached hydrogen (secondary N) is 1. The molecule has 0 bridgehead atoms. The van der Waals surface area contributed by atoms with Crippen molar-refractivity contribution in [3.05, 3.63) is 0 Å². The minimum absolute atomic E-state index is 0.0319. The minimum Gasteiger partial charge on any atom is -0.386 e. The number of likely N-dealkylation sites (tertiary alicyclic amines) is 1. The lowest BCUT2D eigenvalue weighted by Gasteiger charge is -2.22. The summed E-state index contributed by atoms with van der Waals surface area (Å²) in [4.78, 5) is 24.0. The van der Waals surface area contributed by atoms with E-state index >= 15 is 0 Å². The van der Waals surface area contributed by atoms with E-state index in [1.165, 1.54) is 0 Å². The zero-order chi connectivity index (χ0) is 15.7. The number of ether oxygens (including phenoxy) is 1. The van der Waals surface area contributed by atoms with Crippen molar-refractivity contribution in [1.29, 1.82) is 0 Å². The first-order valence-electron chi connectivity index (χ1n) is 6.61. The van der Waals surface area contributed by atoms with Crippen molar-refractivity contribution in [2.24, 2.45) is 5.92 Å². The molecule has 21 heavy (non-hydrogen) atoms. The molecule has 2 fully saturated rings. The summed E-state index contributed by atoms with van der Waals surface area (Å²) in [5, 5.41) is 12.5. The molecule has 2 aliphatic rings. The maximum absolute atomic E-state index is 12.3. The predicted molar refractivity (Wildman–Crippen MR) is 64.1 cm³/mol. The van der Waals surface area contributed by atoms with Gasteiger partial charge in [-0.1, -0.05) is 0 Å². The number of halogens is 3. The lowest BCUT2D eigenvalue weighted by molar-refractivity contribution is -0.157. The SMILES string of the molecule is O=C(NCC1(O)CCOC1)C1CC(=O)N(CC(F)(F)F)C1. The Hall–Kier alpha value is -1.35. The monoisotopic (exact) mass is 310 g/mol. The molecule has 0 aliphatic carbocycles. The van der Waals surface area contributed by atoms with Gasteiger partial charge in [-0.25, -0.2) is 0 Å². The number of hydrogen-bond donors (Lipinski definition) is 2. The first-order chi connectivity index (χ1) is 9.69. The molecule has 0 saturated carbocycles. The van der Waals surface area contributed by atoms with Gasteiger partial charge >= 0.3 is 6.18 Å². The topological polar surface area (TPSA) is 78.9 Å². The molecule has 0 spiro atoms. The normalized spacial score (nSPS) is 30.0. The number of carbonyl (C=O) groups is 2. The second-order valence-corrected chi connectivity index (χ2v) is 5.54. The van der Waals surface area contributed by atoms with E-state index in [2.05, 4.69) is 5.32 Å². The van der Waals surface area contributed by atoms with Crippen molar-refractivity contribution >= 4 is 11.8 Å². The van der Waals surface area contributed by atoms with Crippen LogP contribution in [0, 0.1) is 5.92 Å². The van der Waals surface area contributed by atoms with E-state index in [0.717, 1.165) is 0 Å². The number of carbonyl (C=O) groups excluding carboxylic acids is 2. The molecule has 2 saturated heterocycles. The number of amides is 2. The number of aliphatic hydroxyl groups is 1. The Balaban J connectivity index is 1.82. The highest BCUT2D eigenvalue weighted by atomic mass is 19.4. The number of nitrogens with zero attached hydrogens (tertiary/aromatic N) is 1. The summed E-state index contributed by atoms with van der Waals surface area (Å²) < 4.78 is 41.8. The Morgan fingerprint density at radius 3 is 2.81 bits per heavy atom. The van der Waals surface area contributed by atoms with E-state index < -0.39 is 36.1 Å². The van der Waals surface area contributed by atoms with Gasteiger partial charge in [-0.05, 0) is 0 Å². The molecule has 2 amide bonds. The Bertz CT molecular complexity index is 421. The number of hydrogen-bond acceptors (Lipinski definition) is 4. The fourth-order valence-electron chi connectivity index (χ4n) is 2.45. The Labute approximate surface area is 119 Å². The lowest BCUT2D eigenvalue weighted by atomic mass is 10.0. The second-order valence-electron chi connectivity index (χ2n) is 5.54. The molecule has 0 aromatic heterocycles. The minimum atomic E-state index is -4.47. The molecule has 2 atom stereocenters. The maximum atomic E-state index is 12.3. The van der Waals surface area contributed by atoms with Gasteiger partial charge in [-0.15, -0.1) is 0 Å². The van der Waals surface area contributed by atoms with Crippen LogP contribution >= 0.6 is 0 Å². The average Bonchev–Trinajstić information content (AvgIpc) is 2.93. The standard InChI is InChI=1S/C12H17F3N2O4/c13-12(14,15)6-17-4-8(3-9(17)18)10(19)16-5-11(20)1-2-21-7-11/h8,20H,1-7H2,(H,16,19). The molecule has 2 N–H and O–H groups in total. The molecule has 2 rings (SSSR count). The highest BCUT2D eigenvalue weighted by Gasteiger charge is 2.41. The van der Waals surface area contributed by atoms with Gasteiger partial charge in [-0.2, -0.15) is 13.2 Å². The van der Waals surface area contributed by atoms with Gasteiger partial charge in [0.2, 0.25) is 11.8 Å². The predicted octanol–water partition coefficient (Wildman–Crippen LogP) is -0.335. The Morgan fingerprint density at radius 2 is 2.24 bits per heavy atom. The van der Waals surface area contributed by atoms with Crippen LogP contribution in [0.1, 0.15) is 12.8 Å². The van der Waals surface area contributed by atoms with E-state index in [1.54, 1.807) is 0 Å². The maximum Gasteiger partial charge on any atom is 0.406 e. The molecule has 6 nitrogen and oxygen atoms in total. The average molecular weight is 310 g/mol. The third-order valence-electron chi connectivity index (χ3n) is 3.63. The van der Waals surface area contributed by atoms with Crippen LogP contribution in [-0.2, 0) is 14.3 Å². The van der Waals surface area contributed by atoms with Crippen LogP contribution in [-0.4, -0.2) is 66.4 Å². The summed E-state index contributed by atoms with van der Waals surface area (Å²) in [6.45, 7) is -1.12. The fourth-order valence-corrected chi connectivity index (χ4v) is 2.45. The van der Waals surface area contributed by atoms with E-state index in [0.29, 0.717) is 17.9 Å². The van der Waals surface area contributed by atoms with E-state index in [1.807, 2.05) is 0 Å². The van der Waals surface area contributed by atoms with Crippen molar-refractivity contribution in [2.75, 3.05) is 32.8 Å². The van der Waals surface area contributed by atoms with Gasteiger partial charge in [0.05, 0.1) is 12.5 Å². The van der Waals surface area contributed by atoms with Crippen LogP contribution in [0.4, 0.5) is 13.2 Å². The lowest BCUT2D eigenvalue weighted by Crippen LogP contribution is -2.45. The number of rotatable bonds is 4. The Kier molecular flexibility index (Phi) is 4.43. The zero-order valence-electron chi connectivity index (χ0n) is 11.3. The van der Waals surface area contributed by atoms with Gasteiger partial charge in [0.1, 0.15) is 12.1 Å². The third-order valence-corrected chi connectivity index (χ3v) is 3.63. The molecule has 120 valence electrons. The van der Waals surface area contributed by atoms with Gasteiger partial charge in [0, 0.05) is 32.5 Å². The van der Waals surface area contributed by atoms with E-state index in [4.69, 9.17) is 4.74 Å². The van der Waals surface area contributed by atoms with Gasteiger partial charge < -0.3 is 20.1 Å². The molecule has 0 radical (unpaired) electrons. The molecule has 0 aromatic rings. The second kappa shape index (κ2) is 5.80. The van der Waals surface area contributed by atoms with Crippen LogP contribution in [0.3, 0.4) is 0 Å². The van der Waals surface area contributed by atoms with Gasteiger partial charge in [0.15, 0.2) is 0 Å². The summed E-state index contributed by atoms with van der Waals surface area (Å²) in [7, 11) is 0. The van der Waals surface area contributed by atoms with Crippen molar-refractivity contribution < 1.29 is 32.6 Å². The number of alkyl halides is 3. The molecular formula is C12H17F3N2O4. The van der Waals surface area contributed by atoms with E-state index in [9.17, 15) is 27.9 Å². The van der Waals surface area contributed by atoms with E-state index in [-0.39, 0.29) is 26.1 Å². The van der Waals surface area contributed by atoms with Crippen LogP contribution in [0.2, 0.25) is 0 Å². The van der Waals surface area contributed by atoms with Gasteiger partial charge in [-0.3, -0.25) is 9.59 Å². The summed E-state index contributed by atoms with van der Waals surface area (Å²) in [5.74, 6) is -2.02. The molecular weight excluding hydrogens is 293 g/mol. The summed E-state index contributed by atoms with van der Waals surface area (Å²) in [6.07, 6.45) is -4.33. The first-order valence-corrected chi connectivity index (χ1v) is 6.61. The fraction of sp³-hybridized carbons (Fsp3) is 0.833. The zero-order valence-corrected chi connectivity index (χ0v) is 11.3. The van der Waals surface area contributed by atoms with Crippen LogP contribution < -0.4 is 5.32 Å². The Morgan fingerprint density at radius 1 is 1.52 bits per heavy atom. The largest absolute Gasteiger partial charge is 0.406 e. The highest BCUT2D eigenvalue weighted by molar-refractivity contribution is 5.89. The molecule has 9 heteroatoms. The summed E-state index contributed by atoms with van der Waals surface area (Å²) in [6, 6.07) is 0. The molecule has 2 heterocycles. The van der Waals surface area contributed by atoms with Crippen LogP contribution in [0.15, 0.2) is 0 Å². The van der Waals surface area contributed by atoms with Crippen LogP contribution in [0.5, 0.6) is 0 Å². The first kappa shape index (κ1) is 16.0. The molecule has 0 aromatic carbocycles. The molecule has 2 unspecified atom stereocenters.